The van der Waals surface area contributed by atoms with Gasteiger partial charge >= 0.3 is 5.97 Å². The average molecular weight is 373 g/mol. The van der Waals surface area contributed by atoms with Crippen LogP contribution in [0.2, 0.25) is 13.1 Å². The maximum atomic E-state index is 11.9. The molecule has 27 heavy (non-hydrogen) atoms. The van der Waals surface area contributed by atoms with Crippen molar-refractivity contribution in [2.24, 2.45) is 0 Å². The molecule has 4 nitrogen and oxygen atoms in total. The van der Waals surface area contributed by atoms with E-state index >= 15 is 0 Å². The number of aromatic carboxylic acids is 1. The molecule has 0 radical (unpaired) electrons. The Bertz CT molecular complexity index is 1110. The number of nitrogen functional groups attached to an aromatic ring is 1. The molecule has 0 bridgehead atoms. The summed E-state index contributed by atoms with van der Waals surface area (Å²) in [6.07, 6.45) is 5.66. The summed E-state index contributed by atoms with van der Waals surface area (Å²) in [6, 6.07) is 13.0. The Morgan fingerprint density at radius 2 is 1.81 bits per heavy atom. The molecule has 0 atom stereocenters. The number of carbonyl (C=O) groups is 1. The highest BCUT2D eigenvalue weighted by atomic mass is 28.3. The van der Waals surface area contributed by atoms with Crippen LogP contribution in [-0.4, -0.2) is 24.9 Å². The fourth-order valence-electron chi connectivity index (χ4n) is 4.04. The van der Waals surface area contributed by atoms with Crippen LogP contribution in [0.4, 0.5) is 5.69 Å². The highest BCUT2D eigenvalue weighted by Gasteiger charge is 2.40. The van der Waals surface area contributed by atoms with Crippen LogP contribution in [0.25, 0.3) is 5.57 Å². The van der Waals surface area contributed by atoms with Crippen molar-refractivity contribution in [3.05, 3.63) is 88.2 Å². The van der Waals surface area contributed by atoms with Crippen LogP contribution in [0.15, 0.2) is 71.5 Å². The molecule has 0 fully saturated rings. The van der Waals surface area contributed by atoms with Crippen molar-refractivity contribution in [3.63, 3.8) is 0 Å². The van der Waals surface area contributed by atoms with Crippen LogP contribution in [0.1, 0.15) is 21.5 Å². The second kappa shape index (κ2) is 5.92. The third kappa shape index (κ3) is 2.59. The number of nitrogens with two attached hydrogens (primary N) is 1. The van der Waals surface area contributed by atoms with Gasteiger partial charge in [-0.3, -0.25) is 0 Å². The van der Waals surface area contributed by atoms with Crippen molar-refractivity contribution < 1.29 is 9.90 Å². The molecular formula is C22H20N2O2Si. The average Bonchev–Trinajstić information content (AvgIpc) is 2.63. The normalized spacial score (nSPS) is 17.3. The van der Waals surface area contributed by atoms with Gasteiger partial charge in [-0.15, -0.1) is 0 Å². The summed E-state index contributed by atoms with van der Waals surface area (Å²) in [6.45, 7) is 4.51. The first kappa shape index (κ1) is 17.2. The lowest BCUT2D eigenvalue weighted by Crippen LogP contribution is -2.49. The zero-order chi connectivity index (χ0) is 19.3. The summed E-state index contributed by atoms with van der Waals surface area (Å²) < 4.78 is 0. The molecule has 0 spiro atoms. The van der Waals surface area contributed by atoms with E-state index in [0.29, 0.717) is 17.0 Å². The van der Waals surface area contributed by atoms with Crippen LogP contribution in [0.5, 0.6) is 0 Å². The lowest BCUT2D eigenvalue weighted by atomic mass is 9.87. The topological polar surface area (TPSA) is 87.2 Å². The number of rotatable bonds is 2. The van der Waals surface area contributed by atoms with E-state index in [0.717, 1.165) is 21.9 Å². The van der Waals surface area contributed by atoms with Gasteiger partial charge < -0.3 is 16.2 Å². The van der Waals surface area contributed by atoms with E-state index in [9.17, 15) is 9.90 Å². The third-order valence-corrected chi connectivity index (χ3v) is 8.90. The molecule has 0 unspecified atom stereocenters. The predicted molar refractivity (Wildman–Crippen MR) is 112 cm³/mol. The fourth-order valence-corrected chi connectivity index (χ4v) is 7.14. The number of carboxylic acid groups (broad SMARTS) is 1. The van der Waals surface area contributed by atoms with E-state index < -0.39 is 14.0 Å². The standard InChI is InChI=1S/C22H20N2O2Si/c1-27(2)19-11-13(23)7-9-17(19)21(18-10-8-14(24)12-20(18)27)15-5-3-4-6-16(15)22(25)26/h3-12,23H,24H2,1-2H3,(H,25,26). The Balaban J connectivity index is 2.15. The molecule has 5 heteroatoms. The van der Waals surface area contributed by atoms with E-state index in [1.165, 1.54) is 5.19 Å². The van der Waals surface area contributed by atoms with Gasteiger partial charge in [-0.25, -0.2) is 4.79 Å². The molecular weight excluding hydrogens is 352 g/mol. The van der Waals surface area contributed by atoms with Gasteiger partial charge in [0.2, 0.25) is 0 Å². The SMILES string of the molecule is C[Si]1(C)C2=CC(=N)C=CC2=C(c2ccccc2C(=O)O)c2ccc(N)cc21. The molecule has 4 N–H and O–H groups in total. The molecule has 1 heterocycles. The Hall–Kier alpha value is -3.18. The minimum Gasteiger partial charge on any atom is -0.478 e. The van der Waals surface area contributed by atoms with E-state index in [4.69, 9.17) is 11.1 Å². The first-order valence-corrected chi connectivity index (χ1v) is 11.8. The minimum atomic E-state index is -2.08. The number of hydrogen-bond acceptors (Lipinski definition) is 3. The van der Waals surface area contributed by atoms with Crippen LogP contribution in [-0.2, 0) is 0 Å². The second-order valence-electron chi connectivity index (χ2n) is 7.42. The quantitative estimate of drug-likeness (QED) is 0.554. The molecule has 0 saturated heterocycles. The van der Waals surface area contributed by atoms with Crippen molar-refractivity contribution in [1.82, 2.24) is 0 Å². The van der Waals surface area contributed by atoms with E-state index in [1.807, 2.05) is 42.5 Å². The summed E-state index contributed by atoms with van der Waals surface area (Å²) in [5.41, 5.74) is 11.2. The van der Waals surface area contributed by atoms with Crippen LogP contribution in [0, 0.1) is 5.41 Å². The number of benzene rings is 2. The summed E-state index contributed by atoms with van der Waals surface area (Å²) in [5.74, 6) is -0.948. The number of carboxylic acids is 1. The van der Waals surface area contributed by atoms with Crippen LogP contribution < -0.4 is 10.9 Å². The van der Waals surface area contributed by atoms with Crippen molar-refractivity contribution >= 4 is 36.2 Å². The van der Waals surface area contributed by atoms with E-state index in [2.05, 4.69) is 13.1 Å². The van der Waals surface area contributed by atoms with Gasteiger partial charge in [0.15, 0.2) is 0 Å². The molecule has 0 aromatic heterocycles. The molecule has 1 aliphatic heterocycles. The van der Waals surface area contributed by atoms with Gasteiger partial charge in [0.25, 0.3) is 0 Å². The Labute approximate surface area is 158 Å². The highest BCUT2D eigenvalue weighted by Crippen LogP contribution is 2.42. The highest BCUT2D eigenvalue weighted by molar-refractivity contribution is 6.98. The molecule has 2 aromatic carbocycles. The maximum Gasteiger partial charge on any atom is 0.336 e. The zero-order valence-corrected chi connectivity index (χ0v) is 16.2. The summed E-state index contributed by atoms with van der Waals surface area (Å²) in [4.78, 5) is 11.9. The fraction of sp³-hybridized carbons (Fsp3) is 0.0909. The van der Waals surface area contributed by atoms with Gasteiger partial charge in [0, 0.05) is 5.69 Å². The largest absolute Gasteiger partial charge is 0.478 e. The van der Waals surface area contributed by atoms with Crippen molar-refractivity contribution in [2.75, 3.05) is 5.73 Å². The number of nitrogens with one attached hydrogen (secondary N) is 1. The number of fused-ring (bicyclic) bond motifs is 2. The third-order valence-electron chi connectivity index (χ3n) is 5.38. The number of anilines is 1. The molecule has 0 saturated carbocycles. The van der Waals surface area contributed by atoms with Gasteiger partial charge in [-0.2, -0.15) is 0 Å². The molecule has 0 amide bonds. The smallest absolute Gasteiger partial charge is 0.336 e. The van der Waals surface area contributed by atoms with Crippen molar-refractivity contribution in [2.45, 2.75) is 13.1 Å². The molecule has 134 valence electrons. The lowest BCUT2D eigenvalue weighted by molar-refractivity contribution is 0.0696. The van der Waals surface area contributed by atoms with Crippen LogP contribution >= 0.6 is 0 Å². The predicted octanol–water partition coefficient (Wildman–Crippen LogP) is 3.75. The maximum absolute atomic E-state index is 11.9. The lowest BCUT2D eigenvalue weighted by Gasteiger charge is -2.38. The Morgan fingerprint density at radius 1 is 1.07 bits per heavy atom. The van der Waals surface area contributed by atoms with Gasteiger partial charge in [-0.1, -0.05) is 43.4 Å². The first-order chi connectivity index (χ1) is 12.8. The summed E-state index contributed by atoms with van der Waals surface area (Å²) in [7, 11) is -2.08. The molecule has 4 rings (SSSR count). The first-order valence-electron chi connectivity index (χ1n) is 8.77. The van der Waals surface area contributed by atoms with Gasteiger partial charge in [-0.05, 0) is 63.0 Å². The van der Waals surface area contributed by atoms with Crippen molar-refractivity contribution in [1.29, 1.82) is 5.41 Å². The minimum absolute atomic E-state index is 0.276. The zero-order valence-electron chi connectivity index (χ0n) is 15.2. The van der Waals surface area contributed by atoms with Crippen LogP contribution in [0.3, 0.4) is 0 Å². The monoisotopic (exact) mass is 372 g/mol. The van der Waals surface area contributed by atoms with E-state index in [1.54, 1.807) is 18.2 Å². The molecule has 1 aliphatic carbocycles. The second-order valence-corrected chi connectivity index (χ2v) is 11.7. The Kier molecular flexibility index (Phi) is 3.78. The van der Waals surface area contributed by atoms with Crippen molar-refractivity contribution in [3.8, 4) is 0 Å². The molecule has 2 aliphatic rings. The summed E-state index contributed by atoms with van der Waals surface area (Å²) >= 11 is 0. The van der Waals surface area contributed by atoms with Gasteiger partial charge in [0.1, 0.15) is 8.07 Å². The number of allylic oxidation sites excluding steroid dienone is 5. The summed E-state index contributed by atoms with van der Waals surface area (Å²) in [5, 5.41) is 20.2. The van der Waals surface area contributed by atoms with Gasteiger partial charge in [0.05, 0.1) is 11.3 Å². The number of hydrogen-bond donors (Lipinski definition) is 3. The Morgan fingerprint density at radius 3 is 2.56 bits per heavy atom. The van der Waals surface area contributed by atoms with E-state index in [-0.39, 0.29) is 5.56 Å². The molecule has 2 aromatic rings.